The SMILES string of the molecule is CCc1c(O[C@H]2CC[C@@H](N(C)C)CC2)ccc2[nH]ncc12.Cl. The van der Waals surface area contributed by atoms with Crippen LogP contribution in [0.1, 0.15) is 38.2 Å². The first-order chi connectivity index (χ1) is 10.2. The molecule has 0 amide bonds. The van der Waals surface area contributed by atoms with Gasteiger partial charge in [0.15, 0.2) is 0 Å². The molecule has 1 N–H and O–H groups in total. The number of hydrogen-bond donors (Lipinski definition) is 1. The number of nitrogens with zero attached hydrogens (tertiary/aromatic N) is 2. The number of aromatic nitrogens is 2. The number of halogens is 1. The van der Waals surface area contributed by atoms with Crippen LogP contribution in [0.4, 0.5) is 0 Å². The zero-order chi connectivity index (χ0) is 14.8. The lowest BCUT2D eigenvalue weighted by Crippen LogP contribution is -2.35. The van der Waals surface area contributed by atoms with Gasteiger partial charge in [0.1, 0.15) is 5.75 Å². The molecule has 4 nitrogen and oxygen atoms in total. The maximum absolute atomic E-state index is 6.32. The van der Waals surface area contributed by atoms with Crippen molar-refractivity contribution in [2.75, 3.05) is 14.1 Å². The third-order valence-electron chi connectivity index (χ3n) is 4.71. The lowest BCUT2D eigenvalue weighted by molar-refractivity contribution is 0.110. The second-order valence-electron chi connectivity index (χ2n) is 6.24. The summed E-state index contributed by atoms with van der Waals surface area (Å²) in [6, 6.07) is 4.88. The number of aryl methyl sites for hydroxylation is 1. The highest BCUT2D eigenvalue weighted by Gasteiger charge is 2.24. The molecule has 0 spiro atoms. The first-order valence-electron chi connectivity index (χ1n) is 7.97. The van der Waals surface area contributed by atoms with E-state index in [0.717, 1.165) is 30.5 Å². The van der Waals surface area contributed by atoms with Crippen molar-refractivity contribution in [2.24, 2.45) is 0 Å². The van der Waals surface area contributed by atoms with Crippen LogP contribution in [0, 0.1) is 0 Å². The molecule has 1 aromatic heterocycles. The van der Waals surface area contributed by atoms with Crippen molar-refractivity contribution < 1.29 is 4.74 Å². The molecule has 0 bridgehead atoms. The normalized spacial score (nSPS) is 21.8. The van der Waals surface area contributed by atoms with Crippen LogP contribution >= 0.6 is 12.4 Å². The van der Waals surface area contributed by atoms with Crippen molar-refractivity contribution in [1.29, 1.82) is 0 Å². The molecule has 22 heavy (non-hydrogen) atoms. The number of rotatable bonds is 4. The third-order valence-corrected chi connectivity index (χ3v) is 4.71. The topological polar surface area (TPSA) is 41.1 Å². The van der Waals surface area contributed by atoms with E-state index in [1.54, 1.807) is 0 Å². The van der Waals surface area contributed by atoms with Gasteiger partial charge >= 0.3 is 0 Å². The van der Waals surface area contributed by atoms with E-state index in [2.05, 4.69) is 48.2 Å². The molecule has 1 aromatic carbocycles. The summed E-state index contributed by atoms with van der Waals surface area (Å²) < 4.78 is 6.32. The van der Waals surface area contributed by atoms with Crippen molar-refractivity contribution in [3.63, 3.8) is 0 Å². The van der Waals surface area contributed by atoms with E-state index in [9.17, 15) is 0 Å². The van der Waals surface area contributed by atoms with Crippen LogP contribution in [-0.2, 0) is 6.42 Å². The van der Waals surface area contributed by atoms with Crippen molar-refractivity contribution in [1.82, 2.24) is 15.1 Å². The number of nitrogens with one attached hydrogen (secondary N) is 1. The zero-order valence-corrected chi connectivity index (χ0v) is 14.4. The first-order valence-corrected chi connectivity index (χ1v) is 7.97. The van der Waals surface area contributed by atoms with Crippen molar-refractivity contribution in [3.8, 4) is 5.75 Å². The highest BCUT2D eigenvalue weighted by Crippen LogP contribution is 2.31. The predicted octanol–water partition coefficient (Wildman–Crippen LogP) is 3.80. The van der Waals surface area contributed by atoms with Crippen LogP contribution in [0.3, 0.4) is 0 Å². The van der Waals surface area contributed by atoms with Crippen LogP contribution in [0.2, 0.25) is 0 Å². The van der Waals surface area contributed by atoms with E-state index in [1.807, 2.05) is 6.20 Å². The average Bonchev–Trinajstić information content (AvgIpc) is 2.96. The molecular formula is C17H26ClN3O. The molecule has 1 fully saturated rings. The number of aromatic amines is 1. The molecule has 1 saturated carbocycles. The Morgan fingerprint density at radius 1 is 1.23 bits per heavy atom. The lowest BCUT2D eigenvalue weighted by atomic mass is 9.92. The minimum absolute atomic E-state index is 0. The fourth-order valence-electron chi connectivity index (χ4n) is 3.39. The molecular weight excluding hydrogens is 298 g/mol. The number of benzene rings is 1. The summed E-state index contributed by atoms with van der Waals surface area (Å²) in [5.74, 6) is 1.04. The molecule has 2 aromatic rings. The van der Waals surface area contributed by atoms with Gasteiger partial charge in [0.25, 0.3) is 0 Å². The summed E-state index contributed by atoms with van der Waals surface area (Å²) in [6.45, 7) is 2.18. The maximum atomic E-state index is 6.32. The van der Waals surface area contributed by atoms with Gasteiger partial charge in [0.05, 0.1) is 17.8 Å². The fourth-order valence-corrected chi connectivity index (χ4v) is 3.39. The van der Waals surface area contributed by atoms with Gasteiger partial charge in [-0.05, 0) is 58.3 Å². The molecule has 1 aliphatic rings. The van der Waals surface area contributed by atoms with Crippen molar-refractivity contribution in [3.05, 3.63) is 23.9 Å². The van der Waals surface area contributed by atoms with E-state index < -0.39 is 0 Å². The number of H-pyrrole nitrogens is 1. The second kappa shape index (κ2) is 7.34. The highest BCUT2D eigenvalue weighted by atomic mass is 35.5. The minimum atomic E-state index is 0. The van der Waals surface area contributed by atoms with E-state index in [1.165, 1.54) is 23.8 Å². The Bertz CT molecular complexity index is 603. The largest absolute Gasteiger partial charge is 0.490 e. The van der Waals surface area contributed by atoms with Gasteiger partial charge in [-0.25, -0.2) is 0 Å². The summed E-state index contributed by atoms with van der Waals surface area (Å²) in [4.78, 5) is 2.34. The van der Waals surface area contributed by atoms with E-state index >= 15 is 0 Å². The van der Waals surface area contributed by atoms with Gasteiger partial charge in [-0.15, -0.1) is 12.4 Å². The van der Waals surface area contributed by atoms with Crippen LogP contribution in [-0.4, -0.2) is 41.3 Å². The van der Waals surface area contributed by atoms with E-state index in [4.69, 9.17) is 4.74 Å². The smallest absolute Gasteiger partial charge is 0.123 e. The van der Waals surface area contributed by atoms with Gasteiger partial charge < -0.3 is 9.64 Å². The molecule has 0 atom stereocenters. The summed E-state index contributed by atoms with van der Waals surface area (Å²) in [6.07, 6.45) is 7.99. The standard InChI is InChI=1S/C17H25N3O.ClH/c1-4-14-15-11-18-19-16(15)9-10-17(14)21-13-7-5-12(6-8-13)20(2)3;/h9-13H,4-8H2,1-3H3,(H,18,19);1H/t12-,13+;. The highest BCUT2D eigenvalue weighted by molar-refractivity contribution is 5.85. The Balaban J connectivity index is 0.00000176. The number of hydrogen-bond acceptors (Lipinski definition) is 3. The molecule has 0 radical (unpaired) electrons. The molecule has 1 heterocycles. The Morgan fingerprint density at radius 2 is 1.95 bits per heavy atom. The molecule has 5 heteroatoms. The van der Waals surface area contributed by atoms with Gasteiger partial charge in [-0.1, -0.05) is 6.92 Å². The summed E-state index contributed by atoms with van der Waals surface area (Å²) >= 11 is 0. The summed E-state index contributed by atoms with van der Waals surface area (Å²) in [5.41, 5.74) is 2.37. The van der Waals surface area contributed by atoms with Crippen LogP contribution < -0.4 is 4.74 Å². The van der Waals surface area contributed by atoms with Crippen molar-refractivity contribution in [2.45, 2.75) is 51.2 Å². The van der Waals surface area contributed by atoms with Crippen LogP contribution in [0.15, 0.2) is 18.3 Å². The molecule has 1 aliphatic carbocycles. The monoisotopic (exact) mass is 323 g/mol. The lowest BCUT2D eigenvalue weighted by Gasteiger charge is -2.33. The summed E-state index contributed by atoms with van der Waals surface area (Å²) in [5, 5.41) is 8.37. The Labute approximate surface area is 138 Å². The molecule has 0 unspecified atom stereocenters. The van der Waals surface area contributed by atoms with Gasteiger partial charge in [-0.3, -0.25) is 5.10 Å². The minimum Gasteiger partial charge on any atom is -0.490 e. The zero-order valence-electron chi connectivity index (χ0n) is 13.6. The summed E-state index contributed by atoms with van der Waals surface area (Å²) in [7, 11) is 4.35. The quantitative estimate of drug-likeness (QED) is 0.930. The van der Waals surface area contributed by atoms with Crippen LogP contribution in [0.5, 0.6) is 5.75 Å². The third kappa shape index (κ3) is 3.39. The Morgan fingerprint density at radius 3 is 2.59 bits per heavy atom. The first kappa shape index (κ1) is 17.1. The van der Waals surface area contributed by atoms with E-state index in [-0.39, 0.29) is 12.4 Å². The number of ether oxygens (including phenoxy) is 1. The average molecular weight is 324 g/mol. The Hall–Kier alpha value is -1.26. The molecule has 0 aliphatic heterocycles. The molecule has 0 saturated heterocycles. The van der Waals surface area contributed by atoms with Gasteiger partial charge in [0.2, 0.25) is 0 Å². The predicted molar refractivity (Wildman–Crippen MR) is 93.1 cm³/mol. The fraction of sp³-hybridized carbons (Fsp3) is 0.588. The second-order valence-corrected chi connectivity index (χ2v) is 6.24. The van der Waals surface area contributed by atoms with Crippen molar-refractivity contribution >= 4 is 23.3 Å². The maximum Gasteiger partial charge on any atom is 0.123 e. The molecule has 122 valence electrons. The van der Waals surface area contributed by atoms with Gasteiger partial charge in [-0.2, -0.15) is 5.10 Å². The Kier molecular flexibility index (Phi) is 5.70. The van der Waals surface area contributed by atoms with E-state index in [0.29, 0.717) is 12.1 Å². The molecule has 3 rings (SSSR count). The van der Waals surface area contributed by atoms with Gasteiger partial charge in [0, 0.05) is 17.0 Å². The number of fused-ring (bicyclic) bond motifs is 1. The van der Waals surface area contributed by atoms with Crippen LogP contribution in [0.25, 0.3) is 10.9 Å².